The first-order valence-electron chi connectivity index (χ1n) is 11.5. The Balaban J connectivity index is 1.53. The Hall–Kier alpha value is -2.11. The molecule has 0 spiro atoms. The average Bonchev–Trinajstić information content (AvgIpc) is 3.31. The van der Waals surface area contributed by atoms with Crippen molar-refractivity contribution in [1.82, 2.24) is 9.47 Å². The van der Waals surface area contributed by atoms with Crippen LogP contribution in [-0.2, 0) is 31.8 Å². The van der Waals surface area contributed by atoms with Crippen molar-refractivity contribution < 1.29 is 14.3 Å². The summed E-state index contributed by atoms with van der Waals surface area (Å²) >= 11 is 0. The van der Waals surface area contributed by atoms with Gasteiger partial charge in [-0.15, -0.1) is 0 Å². The quantitative estimate of drug-likeness (QED) is 0.734. The second-order valence-electron chi connectivity index (χ2n) is 10.6. The van der Waals surface area contributed by atoms with Gasteiger partial charge in [-0.2, -0.15) is 0 Å². The summed E-state index contributed by atoms with van der Waals surface area (Å²) in [4.78, 5) is 14.0. The number of fused-ring (bicyclic) bond motifs is 2. The first kappa shape index (κ1) is 20.8. The smallest absolute Gasteiger partial charge is 0.159 e. The average molecular weight is 423 g/mol. The van der Waals surface area contributed by atoms with E-state index in [1.807, 2.05) is 7.11 Å². The van der Waals surface area contributed by atoms with Crippen LogP contribution in [0.5, 0.6) is 0 Å². The predicted octanol–water partition coefficient (Wildman–Crippen LogP) is 4.38. The number of benzene rings is 1. The summed E-state index contributed by atoms with van der Waals surface area (Å²) < 4.78 is 14.9. The zero-order valence-corrected chi connectivity index (χ0v) is 19.4. The summed E-state index contributed by atoms with van der Waals surface area (Å²) in [5.41, 5.74) is 3.71. The number of methoxy groups -OCH3 is 1. The number of nitrogens with zero attached hydrogens (tertiary/aromatic N) is 2. The largest absolute Gasteiger partial charge is 0.497 e. The molecule has 1 aromatic carbocycles. The van der Waals surface area contributed by atoms with Crippen molar-refractivity contribution in [3.8, 4) is 0 Å². The molecule has 0 amide bonds. The number of carbonyl (C=O) groups excluding carboxylic acids is 1. The first-order valence-corrected chi connectivity index (χ1v) is 11.5. The van der Waals surface area contributed by atoms with Gasteiger partial charge >= 0.3 is 0 Å². The van der Waals surface area contributed by atoms with Crippen LogP contribution in [0, 0.1) is 5.92 Å². The summed E-state index contributed by atoms with van der Waals surface area (Å²) in [5.74, 6) is 1.37. The second-order valence-corrected chi connectivity index (χ2v) is 10.6. The normalized spacial score (nSPS) is 28.7. The van der Waals surface area contributed by atoms with E-state index >= 15 is 0 Å². The molecule has 3 atom stereocenters. The van der Waals surface area contributed by atoms with Crippen molar-refractivity contribution in [1.29, 1.82) is 0 Å². The highest BCUT2D eigenvalue weighted by atomic mass is 16.5. The molecule has 5 heteroatoms. The number of likely N-dealkylation sites (tertiary alicyclic amines) is 1. The number of piperidine rings is 1. The van der Waals surface area contributed by atoms with Crippen LogP contribution in [0.2, 0.25) is 0 Å². The minimum atomic E-state index is -0.350. The molecular weight excluding hydrogens is 388 g/mol. The molecule has 3 aliphatic rings. The highest BCUT2D eigenvalue weighted by molar-refractivity contribution is 5.92. The van der Waals surface area contributed by atoms with E-state index in [9.17, 15) is 4.79 Å². The molecule has 2 heterocycles. The summed E-state index contributed by atoms with van der Waals surface area (Å²) in [6, 6.07) is 6.99. The first-order chi connectivity index (χ1) is 14.7. The number of carbonyl (C=O) groups is 1. The topological polar surface area (TPSA) is 43.7 Å². The minimum absolute atomic E-state index is 0.0274. The summed E-state index contributed by atoms with van der Waals surface area (Å²) in [5, 5.41) is 1.37. The Morgan fingerprint density at radius 3 is 2.71 bits per heavy atom. The Morgan fingerprint density at radius 2 is 2.03 bits per heavy atom. The van der Waals surface area contributed by atoms with Crippen molar-refractivity contribution in [2.75, 3.05) is 27.3 Å². The van der Waals surface area contributed by atoms with Crippen LogP contribution >= 0.6 is 0 Å². The van der Waals surface area contributed by atoms with Crippen molar-refractivity contribution in [3.63, 3.8) is 0 Å². The maximum absolute atomic E-state index is 11.6. The Labute approximate surface area is 185 Å². The molecule has 31 heavy (non-hydrogen) atoms. The molecule has 0 radical (unpaired) electrons. The number of hydrogen-bond donors (Lipinski definition) is 0. The van der Waals surface area contributed by atoms with Gasteiger partial charge in [0.25, 0.3) is 0 Å². The van der Waals surface area contributed by atoms with E-state index in [1.165, 1.54) is 22.0 Å². The van der Waals surface area contributed by atoms with Gasteiger partial charge in [0.05, 0.1) is 12.4 Å². The monoisotopic (exact) mass is 422 g/mol. The van der Waals surface area contributed by atoms with E-state index in [4.69, 9.17) is 9.47 Å². The lowest BCUT2D eigenvalue weighted by atomic mass is 9.69. The number of hydrogen-bond acceptors (Lipinski definition) is 4. The van der Waals surface area contributed by atoms with E-state index in [-0.39, 0.29) is 16.9 Å². The highest BCUT2D eigenvalue weighted by Crippen LogP contribution is 2.50. The number of rotatable bonds is 4. The lowest BCUT2D eigenvalue weighted by molar-refractivity contribution is -0.131. The maximum Gasteiger partial charge on any atom is 0.159 e. The fourth-order valence-electron chi connectivity index (χ4n) is 6.12. The highest BCUT2D eigenvalue weighted by Gasteiger charge is 2.52. The van der Waals surface area contributed by atoms with Crippen molar-refractivity contribution in [3.05, 3.63) is 47.4 Å². The third-order valence-corrected chi connectivity index (χ3v) is 7.52. The van der Waals surface area contributed by atoms with Gasteiger partial charge in [0, 0.05) is 67.2 Å². The van der Waals surface area contributed by atoms with Gasteiger partial charge in [-0.3, -0.25) is 9.69 Å². The number of allylic oxidation sites excluding steroid dienone is 2. The Bertz CT molecular complexity index is 1060. The van der Waals surface area contributed by atoms with E-state index in [0.717, 1.165) is 31.6 Å². The lowest BCUT2D eigenvalue weighted by Gasteiger charge is -2.53. The van der Waals surface area contributed by atoms with Crippen LogP contribution in [0.4, 0.5) is 0 Å². The van der Waals surface area contributed by atoms with E-state index in [0.29, 0.717) is 25.0 Å². The van der Waals surface area contributed by atoms with Crippen molar-refractivity contribution in [2.24, 2.45) is 5.92 Å². The number of ketones is 1. The SMILES string of the molecule is COC12C[C@H](COC3=CC(=O)CC3)CN(C)[C@@H]1Cc1cn(C(C)(C)C)c3cccc2c13. The number of ether oxygens (including phenoxy) is 2. The van der Waals surface area contributed by atoms with Crippen molar-refractivity contribution >= 4 is 16.7 Å². The molecule has 1 unspecified atom stereocenters. The molecule has 2 aromatic rings. The van der Waals surface area contributed by atoms with Gasteiger partial charge < -0.3 is 14.0 Å². The zero-order chi connectivity index (χ0) is 22.0. The van der Waals surface area contributed by atoms with Crippen LogP contribution in [0.25, 0.3) is 10.9 Å². The molecule has 1 aliphatic heterocycles. The third-order valence-electron chi connectivity index (χ3n) is 7.52. The van der Waals surface area contributed by atoms with Crippen LogP contribution in [0.1, 0.15) is 51.2 Å². The van der Waals surface area contributed by atoms with Gasteiger partial charge in [-0.05, 0) is 57.9 Å². The zero-order valence-electron chi connectivity index (χ0n) is 19.4. The van der Waals surface area contributed by atoms with Gasteiger partial charge in [0.2, 0.25) is 0 Å². The van der Waals surface area contributed by atoms with Crippen LogP contribution < -0.4 is 0 Å². The molecule has 0 saturated carbocycles. The molecule has 0 bridgehead atoms. The Morgan fingerprint density at radius 1 is 1.23 bits per heavy atom. The Kier molecular flexibility index (Phi) is 4.83. The van der Waals surface area contributed by atoms with E-state index in [1.54, 1.807) is 6.08 Å². The third kappa shape index (κ3) is 3.25. The fraction of sp³-hybridized carbons (Fsp3) is 0.577. The predicted molar refractivity (Wildman–Crippen MR) is 122 cm³/mol. The second kappa shape index (κ2) is 7.21. The fourth-order valence-corrected chi connectivity index (χ4v) is 6.12. The maximum atomic E-state index is 11.6. The van der Waals surface area contributed by atoms with Gasteiger partial charge in [0.15, 0.2) is 5.78 Å². The van der Waals surface area contributed by atoms with Crippen LogP contribution in [-0.4, -0.2) is 48.6 Å². The standard InChI is InChI=1S/C26H34N2O3/c1-25(2,3)28-15-18-11-23-26(30-5,21-7-6-8-22(28)24(18)21)13-17(14-27(23)4)16-31-20-10-9-19(29)12-20/h6-8,12,15,17,23H,9-11,13-14,16H2,1-5H3/t17-,23+,26?/m0/s1. The molecule has 2 aliphatic carbocycles. The molecule has 166 valence electrons. The minimum Gasteiger partial charge on any atom is -0.497 e. The van der Waals surface area contributed by atoms with Gasteiger partial charge in [0.1, 0.15) is 5.60 Å². The van der Waals surface area contributed by atoms with Gasteiger partial charge in [-0.1, -0.05) is 12.1 Å². The summed E-state index contributed by atoms with van der Waals surface area (Å²) in [6.07, 6.45) is 7.28. The van der Waals surface area contributed by atoms with E-state index in [2.05, 4.69) is 61.7 Å². The number of likely N-dealkylation sites (N-methyl/N-ethyl adjacent to an activating group) is 1. The molecule has 1 aromatic heterocycles. The van der Waals surface area contributed by atoms with Crippen LogP contribution in [0.15, 0.2) is 36.2 Å². The molecule has 1 fully saturated rings. The molecule has 5 rings (SSSR count). The van der Waals surface area contributed by atoms with Crippen LogP contribution in [0.3, 0.4) is 0 Å². The molecular formula is C26H34N2O3. The summed E-state index contributed by atoms with van der Waals surface area (Å²) in [7, 11) is 4.08. The summed E-state index contributed by atoms with van der Waals surface area (Å²) in [6.45, 7) is 8.40. The van der Waals surface area contributed by atoms with Crippen molar-refractivity contribution in [2.45, 2.75) is 63.6 Å². The number of aromatic nitrogens is 1. The van der Waals surface area contributed by atoms with Gasteiger partial charge in [-0.25, -0.2) is 0 Å². The lowest BCUT2D eigenvalue weighted by Crippen LogP contribution is -2.59. The molecule has 5 nitrogen and oxygen atoms in total. The molecule has 0 N–H and O–H groups in total. The van der Waals surface area contributed by atoms with E-state index < -0.39 is 0 Å². The molecule has 1 saturated heterocycles.